The van der Waals surface area contributed by atoms with Gasteiger partial charge >= 0.3 is 0 Å². The normalized spacial score (nSPS) is 14.2. The molecule has 3 heterocycles. The number of carbonyl (C=O) groups excluding carboxylic acids is 1. The number of hydrogen-bond acceptors (Lipinski definition) is 5. The number of amides is 1. The summed E-state index contributed by atoms with van der Waals surface area (Å²) >= 11 is 0. The summed E-state index contributed by atoms with van der Waals surface area (Å²) in [6.45, 7) is 3.05. The summed E-state index contributed by atoms with van der Waals surface area (Å²) in [4.78, 5) is 28.6. The van der Waals surface area contributed by atoms with Crippen LogP contribution < -0.4 is 10.5 Å². The van der Waals surface area contributed by atoms with Crippen molar-refractivity contribution in [1.82, 2.24) is 14.7 Å². The monoisotopic (exact) mass is 410 g/mol. The molecule has 156 valence electrons. The van der Waals surface area contributed by atoms with Crippen LogP contribution in [-0.2, 0) is 11.3 Å². The highest BCUT2D eigenvalue weighted by Gasteiger charge is 2.21. The van der Waals surface area contributed by atoms with E-state index in [1.165, 1.54) is 22.9 Å². The second kappa shape index (κ2) is 8.94. The first-order chi connectivity index (χ1) is 14.6. The molecule has 7 nitrogen and oxygen atoms in total. The largest absolute Gasteiger partial charge is 0.463 e. The first-order valence-electron chi connectivity index (χ1n) is 10.0. The zero-order valence-corrected chi connectivity index (χ0v) is 16.5. The van der Waals surface area contributed by atoms with Crippen LogP contribution in [0.3, 0.4) is 0 Å². The number of furan rings is 1. The summed E-state index contributed by atoms with van der Waals surface area (Å²) in [5.74, 6) is 0.415. The minimum atomic E-state index is -0.254. The van der Waals surface area contributed by atoms with Crippen molar-refractivity contribution in [3.8, 4) is 11.5 Å². The lowest BCUT2D eigenvalue weighted by atomic mass is 10.2. The lowest BCUT2D eigenvalue weighted by molar-refractivity contribution is -0.131. The van der Waals surface area contributed by atoms with Gasteiger partial charge in [0.2, 0.25) is 5.91 Å². The zero-order valence-electron chi connectivity index (χ0n) is 16.5. The smallest absolute Gasteiger partial charge is 0.266 e. The van der Waals surface area contributed by atoms with Crippen molar-refractivity contribution < 1.29 is 13.6 Å². The van der Waals surface area contributed by atoms with E-state index in [9.17, 15) is 14.0 Å². The van der Waals surface area contributed by atoms with E-state index in [1.807, 2.05) is 4.90 Å². The summed E-state index contributed by atoms with van der Waals surface area (Å²) < 4.78 is 19.8. The summed E-state index contributed by atoms with van der Waals surface area (Å²) in [5, 5.41) is 4.33. The van der Waals surface area contributed by atoms with Gasteiger partial charge in [-0.15, -0.1) is 0 Å². The van der Waals surface area contributed by atoms with E-state index in [4.69, 9.17) is 4.42 Å². The number of rotatable bonds is 6. The molecule has 0 spiro atoms. The average Bonchev–Trinajstić information content (AvgIpc) is 3.31. The summed E-state index contributed by atoms with van der Waals surface area (Å²) in [5.41, 5.74) is 1.35. The van der Waals surface area contributed by atoms with Crippen LogP contribution in [0.5, 0.6) is 0 Å². The lowest BCUT2D eigenvalue weighted by Gasteiger charge is -2.36. The average molecular weight is 410 g/mol. The summed E-state index contributed by atoms with van der Waals surface area (Å²) in [7, 11) is 0. The number of halogens is 1. The molecule has 0 aliphatic carbocycles. The maximum atomic E-state index is 13.1. The number of hydrogen-bond donors (Lipinski definition) is 0. The molecule has 1 saturated heterocycles. The highest BCUT2D eigenvalue weighted by molar-refractivity contribution is 5.76. The molecule has 1 fully saturated rings. The van der Waals surface area contributed by atoms with Gasteiger partial charge in [-0.2, -0.15) is 5.10 Å². The van der Waals surface area contributed by atoms with Gasteiger partial charge in [-0.1, -0.05) is 0 Å². The topological polar surface area (TPSA) is 71.6 Å². The number of anilines is 1. The molecule has 0 bridgehead atoms. The van der Waals surface area contributed by atoms with E-state index in [-0.39, 0.29) is 17.3 Å². The molecule has 0 N–H and O–H groups in total. The second-order valence-corrected chi connectivity index (χ2v) is 7.21. The van der Waals surface area contributed by atoms with Crippen molar-refractivity contribution >= 4 is 11.6 Å². The van der Waals surface area contributed by atoms with E-state index in [1.54, 1.807) is 36.6 Å². The molecule has 0 unspecified atom stereocenters. The van der Waals surface area contributed by atoms with Gasteiger partial charge in [-0.25, -0.2) is 9.07 Å². The van der Waals surface area contributed by atoms with Gasteiger partial charge in [0.05, 0.1) is 6.26 Å². The fourth-order valence-electron chi connectivity index (χ4n) is 3.57. The highest BCUT2D eigenvalue weighted by Crippen LogP contribution is 2.18. The standard InChI is InChI=1S/C22H23FN4O3/c23-17-5-7-18(8-6-17)25-12-14-26(15-13-25)21(28)4-1-11-27-22(29)10-9-19(24-27)20-3-2-16-30-20/h2-3,5-10,16H,1,4,11-15H2. The number of benzene rings is 1. The predicted octanol–water partition coefficient (Wildman–Crippen LogP) is 2.77. The molecule has 1 amide bonds. The van der Waals surface area contributed by atoms with Gasteiger partial charge in [0.1, 0.15) is 11.5 Å². The van der Waals surface area contributed by atoms with Crippen LogP contribution >= 0.6 is 0 Å². The summed E-state index contributed by atoms with van der Waals surface area (Å²) in [6.07, 6.45) is 2.45. The maximum absolute atomic E-state index is 13.1. The molecule has 0 radical (unpaired) electrons. The van der Waals surface area contributed by atoms with Gasteiger partial charge in [0.15, 0.2) is 5.76 Å². The molecule has 2 aromatic heterocycles. The number of aryl methyl sites for hydroxylation is 1. The number of piperazine rings is 1. The third-order valence-corrected chi connectivity index (χ3v) is 5.22. The molecule has 4 rings (SSSR count). The van der Waals surface area contributed by atoms with E-state index in [0.717, 1.165) is 5.69 Å². The Bertz CT molecular complexity index is 1040. The Morgan fingerprint density at radius 2 is 1.80 bits per heavy atom. The maximum Gasteiger partial charge on any atom is 0.266 e. The minimum Gasteiger partial charge on any atom is -0.463 e. The van der Waals surface area contributed by atoms with Gasteiger partial charge in [0.25, 0.3) is 5.56 Å². The van der Waals surface area contributed by atoms with Gasteiger partial charge in [-0.3, -0.25) is 9.59 Å². The molecule has 3 aromatic rings. The van der Waals surface area contributed by atoms with Crippen molar-refractivity contribution in [2.75, 3.05) is 31.1 Å². The lowest BCUT2D eigenvalue weighted by Crippen LogP contribution is -2.48. The molecule has 8 heteroatoms. The zero-order chi connectivity index (χ0) is 20.9. The van der Waals surface area contributed by atoms with Crippen LogP contribution in [0.15, 0.2) is 64.0 Å². The Morgan fingerprint density at radius 3 is 2.50 bits per heavy atom. The predicted molar refractivity (Wildman–Crippen MR) is 111 cm³/mol. The Hall–Kier alpha value is -3.42. The van der Waals surface area contributed by atoms with Crippen LogP contribution in [0, 0.1) is 5.82 Å². The molecule has 1 aromatic carbocycles. The Kier molecular flexibility index (Phi) is 5.92. The van der Waals surface area contributed by atoms with Crippen molar-refractivity contribution in [1.29, 1.82) is 0 Å². The van der Waals surface area contributed by atoms with E-state index >= 15 is 0 Å². The Morgan fingerprint density at radius 1 is 1.03 bits per heavy atom. The van der Waals surface area contributed by atoms with E-state index in [0.29, 0.717) is 57.0 Å². The second-order valence-electron chi connectivity index (χ2n) is 7.21. The number of nitrogens with zero attached hydrogens (tertiary/aromatic N) is 4. The molecular weight excluding hydrogens is 387 g/mol. The van der Waals surface area contributed by atoms with Crippen LogP contribution in [0.1, 0.15) is 12.8 Å². The van der Waals surface area contributed by atoms with Crippen molar-refractivity contribution in [3.63, 3.8) is 0 Å². The molecule has 1 aliphatic rings. The van der Waals surface area contributed by atoms with Crippen molar-refractivity contribution in [3.05, 3.63) is 71.0 Å². The third kappa shape index (κ3) is 4.59. The third-order valence-electron chi connectivity index (χ3n) is 5.22. The van der Waals surface area contributed by atoms with Crippen LogP contribution in [0.25, 0.3) is 11.5 Å². The van der Waals surface area contributed by atoms with Crippen molar-refractivity contribution in [2.24, 2.45) is 0 Å². The number of aromatic nitrogens is 2. The minimum absolute atomic E-state index is 0.0731. The first kappa shape index (κ1) is 19.9. The molecule has 0 atom stereocenters. The van der Waals surface area contributed by atoms with E-state index < -0.39 is 0 Å². The number of carbonyl (C=O) groups is 1. The van der Waals surface area contributed by atoms with Crippen LogP contribution in [0.4, 0.5) is 10.1 Å². The van der Waals surface area contributed by atoms with Crippen molar-refractivity contribution in [2.45, 2.75) is 19.4 Å². The quantitative estimate of drug-likeness (QED) is 0.625. The van der Waals surface area contributed by atoms with Crippen LogP contribution in [0.2, 0.25) is 0 Å². The first-order valence-corrected chi connectivity index (χ1v) is 10.0. The molecule has 1 aliphatic heterocycles. The van der Waals surface area contributed by atoms with Gasteiger partial charge in [0, 0.05) is 50.9 Å². The van der Waals surface area contributed by atoms with Crippen LogP contribution in [-0.4, -0.2) is 46.8 Å². The van der Waals surface area contributed by atoms with Gasteiger partial charge in [-0.05, 0) is 48.9 Å². The van der Waals surface area contributed by atoms with Gasteiger partial charge < -0.3 is 14.2 Å². The Balaban J connectivity index is 1.27. The molecule has 30 heavy (non-hydrogen) atoms. The molecule has 0 saturated carbocycles. The SMILES string of the molecule is O=C(CCCn1nc(-c2ccco2)ccc1=O)N1CCN(c2ccc(F)cc2)CC1. The Labute approximate surface area is 173 Å². The fraction of sp³-hybridized carbons (Fsp3) is 0.318. The fourth-order valence-corrected chi connectivity index (χ4v) is 3.57. The molecular formula is C22H23FN4O3. The van der Waals surface area contributed by atoms with E-state index in [2.05, 4.69) is 10.00 Å². The highest BCUT2D eigenvalue weighted by atomic mass is 19.1. The summed E-state index contributed by atoms with van der Waals surface area (Å²) in [6, 6.07) is 13.0.